The lowest BCUT2D eigenvalue weighted by atomic mass is 10.3. The van der Waals surface area contributed by atoms with Crippen LogP contribution in [0.25, 0.3) is 0 Å². The molecule has 10 heavy (non-hydrogen) atoms. The fraction of sp³-hybridized carbons (Fsp3) is 0.333. The largest absolute Gasteiger partial charge is 0.315 e. The van der Waals surface area contributed by atoms with E-state index in [9.17, 15) is 0 Å². The molecule has 0 radical (unpaired) electrons. The molecule has 0 aliphatic heterocycles. The fourth-order valence-corrected chi connectivity index (χ4v) is 1.87. The second-order valence-corrected chi connectivity index (χ2v) is 3.34. The second kappa shape index (κ2) is 3.34. The van der Waals surface area contributed by atoms with Crippen molar-refractivity contribution in [2.24, 2.45) is 0 Å². The third-order valence-electron chi connectivity index (χ3n) is 1.25. The standard InChI is InChI=1S/C6H8ClNOS/c1-4-2-3-10-5(4)6(7)8-9/h2-3,6,8-9H,1H3. The number of nitrogens with one attached hydrogen (secondary N) is 1. The Morgan fingerprint density at radius 2 is 2.50 bits per heavy atom. The highest BCUT2D eigenvalue weighted by molar-refractivity contribution is 7.10. The van der Waals surface area contributed by atoms with E-state index in [1.165, 1.54) is 11.3 Å². The van der Waals surface area contributed by atoms with Crippen molar-refractivity contribution in [2.45, 2.75) is 12.4 Å². The summed E-state index contributed by atoms with van der Waals surface area (Å²) < 4.78 is 0. The predicted molar refractivity (Wildman–Crippen MR) is 42.6 cm³/mol. The van der Waals surface area contributed by atoms with Crippen LogP contribution in [0, 0.1) is 6.92 Å². The van der Waals surface area contributed by atoms with Gasteiger partial charge in [0.2, 0.25) is 0 Å². The Morgan fingerprint density at radius 3 is 2.90 bits per heavy atom. The third kappa shape index (κ3) is 1.49. The molecule has 56 valence electrons. The summed E-state index contributed by atoms with van der Waals surface area (Å²) in [6.45, 7) is 1.96. The Balaban J connectivity index is 2.82. The minimum absolute atomic E-state index is 0.472. The van der Waals surface area contributed by atoms with E-state index in [4.69, 9.17) is 16.8 Å². The number of alkyl halides is 1. The van der Waals surface area contributed by atoms with Gasteiger partial charge in [0.15, 0.2) is 0 Å². The normalized spacial score (nSPS) is 13.5. The molecule has 0 aromatic carbocycles. The number of aryl methyl sites for hydroxylation is 1. The number of hydrogen-bond acceptors (Lipinski definition) is 3. The van der Waals surface area contributed by atoms with Crippen LogP contribution in [-0.4, -0.2) is 5.21 Å². The maximum atomic E-state index is 8.46. The van der Waals surface area contributed by atoms with E-state index in [1.54, 1.807) is 0 Å². The molecule has 1 heterocycles. The van der Waals surface area contributed by atoms with Gasteiger partial charge in [-0.15, -0.1) is 11.3 Å². The molecular weight excluding hydrogens is 170 g/mol. The molecule has 1 aromatic rings. The first kappa shape index (κ1) is 8.01. The summed E-state index contributed by atoms with van der Waals surface area (Å²) in [7, 11) is 0. The van der Waals surface area contributed by atoms with Gasteiger partial charge in [0, 0.05) is 4.88 Å². The van der Waals surface area contributed by atoms with E-state index >= 15 is 0 Å². The lowest BCUT2D eigenvalue weighted by molar-refractivity contribution is 0.156. The molecule has 0 bridgehead atoms. The average molecular weight is 178 g/mol. The van der Waals surface area contributed by atoms with Crippen LogP contribution in [0.1, 0.15) is 15.9 Å². The van der Waals surface area contributed by atoms with Crippen molar-refractivity contribution in [1.29, 1.82) is 0 Å². The Bertz CT molecular complexity index is 213. The van der Waals surface area contributed by atoms with Gasteiger partial charge < -0.3 is 5.21 Å². The fourth-order valence-electron chi connectivity index (χ4n) is 0.703. The molecule has 1 atom stereocenters. The van der Waals surface area contributed by atoms with Gasteiger partial charge >= 0.3 is 0 Å². The number of hydroxylamine groups is 1. The maximum Gasteiger partial charge on any atom is 0.140 e. The third-order valence-corrected chi connectivity index (χ3v) is 2.77. The molecule has 1 aromatic heterocycles. The minimum atomic E-state index is -0.472. The molecule has 0 saturated carbocycles. The van der Waals surface area contributed by atoms with E-state index < -0.39 is 5.50 Å². The summed E-state index contributed by atoms with van der Waals surface area (Å²) >= 11 is 7.21. The molecule has 4 heteroatoms. The first-order valence-corrected chi connectivity index (χ1v) is 4.15. The van der Waals surface area contributed by atoms with Crippen molar-refractivity contribution >= 4 is 22.9 Å². The first-order valence-electron chi connectivity index (χ1n) is 2.83. The number of hydrogen-bond donors (Lipinski definition) is 2. The quantitative estimate of drug-likeness (QED) is 0.413. The van der Waals surface area contributed by atoms with Crippen LogP contribution >= 0.6 is 22.9 Å². The van der Waals surface area contributed by atoms with Crippen molar-refractivity contribution in [3.8, 4) is 0 Å². The number of rotatable bonds is 2. The first-order chi connectivity index (χ1) is 4.75. The Morgan fingerprint density at radius 1 is 1.80 bits per heavy atom. The number of halogens is 1. The second-order valence-electron chi connectivity index (χ2n) is 1.96. The summed E-state index contributed by atoms with van der Waals surface area (Å²) in [6.07, 6.45) is 0. The molecule has 2 N–H and O–H groups in total. The molecule has 0 aliphatic carbocycles. The van der Waals surface area contributed by atoms with Gasteiger partial charge in [0.05, 0.1) is 0 Å². The lowest BCUT2D eigenvalue weighted by Gasteiger charge is -2.04. The van der Waals surface area contributed by atoms with Crippen LogP contribution in [0.2, 0.25) is 0 Å². The predicted octanol–water partition coefficient (Wildman–Crippen LogP) is 2.27. The van der Waals surface area contributed by atoms with Crippen LogP contribution < -0.4 is 5.48 Å². The van der Waals surface area contributed by atoms with Crippen molar-refractivity contribution in [2.75, 3.05) is 0 Å². The highest BCUT2D eigenvalue weighted by Gasteiger charge is 2.09. The molecule has 0 saturated heterocycles. The van der Waals surface area contributed by atoms with E-state index in [-0.39, 0.29) is 0 Å². The van der Waals surface area contributed by atoms with E-state index in [2.05, 4.69) is 0 Å². The SMILES string of the molecule is Cc1ccsc1C(Cl)NO. The molecule has 0 aliphatic rings. The topological polar surface area (TPSA) is 32.3 Å². The summed E-state index contributed by atoms with van der Waals surface area (Å²) in [6, 6.07) is 1.96. The summed E-state index contributed by atoms with van der Waals surface area (Å²) in [5.74, 6) is 0. The van der Waals surface area contributed by atoms with E-state index in [1.807, 2.05) is 23.9 Å². The Kier molecular flexibility index (Phi) is 2.68. The smallest absolute Gasteiger partial charge is 0.140 e. The van der Waals surface area contributed by atoms with E-state index in [0.717, 1.165) is 10.4 Å². The minimum Gasteiger partial charge on any atom is -0.315 e. The van der Waals surface area contributed by atoms with Gasteiger partial charge in [-0.1, -0.05) is 11.6 Å². The Labute approximate surface area is 68.4 Å². The van der Waals surface area contributed by atoms with Crippen molar-refractivity contribution in [3.05, 3.63) is 21.9 Å². The lowest BCUT2D eigenvalue weighted by Crippen LogP contribution is -2.09. The highest BCUT2D eigenvalue weighted by atomic mass is 35.5. The average Bonchev–Trinajstić information content (AvgIpc) is 2.34. The van der Waals surface area contributed by atoms with Crippen LogP contribution in [0.5, 0.6) is 0 Å². The maximum absolute atomic E-state index is 8.46. The summed E-state index contributed by atoms with van der Waals surface area (Å²) in [5.41, 5.74) is 2.62. The van der Waals surface area contributed by atoms with Crippen LogP contribution in [0.3, 0.4) is 0 Å². The number of thiophene rings is 1. The molecule has 0 amide bonds. The monoisotopic (exact) mass is 177 g/mol. The van der Waals surface area contributed by atoms with Crippen LogP contribution in [0.4, 0.5) is 0 Å². The van der Waals surface area contributed by atoms with Crippen LogP contribution in [0.15, 0.2) is 11.4 Å². The van der Waals surface area contributed by atoms with Gasteiger partial charge in [-0.2, -0.15) is 5.48 Å². The van der Waals surface area contributed by atoms with Crippen molar-refractivity contribution < 1.29 is 5.21 Å². The zero-order valence-corrected chi connectivity index (χ0v) is 7.04. The molecule has 0 fully saturated rings. The molecular formula is C6H8ClNOS. The zero-order valence-electron chi connectivity index (χ0n) is 5.47. The van der Waals surface area contributed by atoms with Crippen LogP contribution in [-0.2, 0) is 0 Å². The zero-order chi connectivity index (χ0) is 7.56. The molecule has 1 rings (SSSR count). The highest BCUT2D eigenvalue weighted by Crippen LogP contribution is 2.25. The Hall–Kier alpha value is -0.0900. The van der Waals surface area contributed by atoms with Gasteiger partial charge in [0.25, 0.3) is 0 Å². The van der Waals surface area contributed by atoms with Gasteiger partial charge in [0.1, 0.15) is 5.50 Å². The summed E-state index contributed by atoms with van der Waals surface area (Å²) in [4.78, 5) is 0.962. The molecule has 2 nitrogen and oxygen atoms in total. The van der Waals surface area contributed by atoms with Gasteiger partial charge in [-0.3, -0.25) is 0 Å². The van der Waals surface area contributed by atoms with Gasteiger partial charge in [-0.25, -0.2) is 0 Å². The summed E-state index contributed by atoms with van der Waals surface area (Å²) in [5, 5.41) is 10.4. The van der Waals surface area contributed by atoms with Crippen molar-refractivity contribution in [1.82, 2.24) is 5.48 Å². The van der Waals surface area contributed by atoms with Crippen molar-refractivity contribution in [3.63, 3.8) is 0 Å². The van der Waals surface area contributed by atoms with Gasteiger partial charge in [-0.05, 0) is 23.9 Å². The molecule has 1 unspecified atom stereocenters. The van der Waals surface area contributed by atoms with E-state index in [0.29, 0.717) is 0 Å². The molecule has 0 spiro atoms.